The van der Waals surface area contributed by atoms with Crippen LogP contribution in [-0.4, -0.2) is 41.2 Å². The van der Waals surface area contributed by atoms with Crippen molar-refractivity contribution in [1.29, 1.82) is 0 Å². The number of fused-ring (bicyclic) bond motifs is 1. The molecule has 2 aliphatic rings. The molecule has 0 spiro atoms. The molecule has 1 aromatic carbocycles. The maximum Gasteiger partial charge on any atom is 0.251 e. The van der Waals surface area contributed by atoms with Gasteiger partial charge in [0.05, 0.1) is 17.3 Å². The average Bonchev–Trinajstić information content (AvgIpc) is 2.70. The minimum Gasteiger partial charge on any atom is -0.355 e. The van der Waals surface area contributed by atoms with Crippen LogP contribution in [0.4, 0.5) is 5.69 Å². The van der Waals surface area contributed by atoms with Crippen molar-refractivity contribution in [2.45, 2.75) is 59.9 Å². The van der Waals surface area contributed by atoms with Crippen LogP contribution in [0.25, 0.3) is 0 Å². The third kappa shape index (κ3) is 5.94. The number of benzene rings is 1. The molecule has 0 aliphatic carbocycles. The second kappa shape index (κ2) is 10.1. The van der Waals surface area contributed by atoms with E-state index >= 15 is 0 Å². The maximum atomic E-state index is 12.8. The molecule has 2 N–H and O–H groups in total. The van der Waals surface area contributed by atoms with E-state index in [4.69, 9.17) is 4.99 Å². The van der Waals surface area contributed by atoms with Crippen molar-refractivity contribution in [1.82, 2.24) is 10.2 Å². The van der Waals surface area contributed by atoms with Gasteiger partial charge in [0.25, 0.3) is 5.91 Å². The fourth-order valence-corrected chi connectivity index (χ4v) is 5.69. The molecule has 32 heavy (non-hydrogen) atoms. The van der Waals surface area contributed by atoms with Gasteiger partial charge in [0.2, 0.25) is 5.91 Å². The minimum atomic E-state index is -0.216. The Labute approximate surface area is 196 Å². The second-order valence-electron chi connectivity index (χ2n) is 10.0. The number of anilines is 1. The van der Waals surface area contributed by atoms with E-state index in [1.165, 1.54) is 0 Å². The molecule has 2 atom stereocenters. The molecule has 7 heteroatoms. The second-order valence-corrected chi connectivity index (χ2v) is 11.1. The van der Waals surface area contributed by atoms with Crippen molar-refractivity contribution < 1.29 is 9.59 Å². The van der Waals surface area contributed by atoms with Crippen molar-refractivity contribution >= 4 is 34.4 Å². The zero-order chi connectivity index (χ0) is 23.5. The number of amides is 2. The summed E-state index contributed by atoms with van der Waals surface area (Å²) in [5.41, 5.74) is 3.37. The lowest BCUT2D eigenvalue weighted by Gasteiger charge is -2.40. The first-order valence-electron chi connectivity index (χ1n) is 11.4. The summed E-state index contributed by atoms with van der Waals surface area (Å²) in [6.07, 6.45) is 2.53. The SMILES string of the molecule is CNC(=O)C1=C(C)N=C2SCCCN2C1c1cccc(NC(=O)CC(C)CC(C)(C)C)c1. The van der Waals surface area contributed by atoms with Crippen LogP contribution in [0.2, 0.25) is 0 Å². The fourth-order valence-electron chi connectivity index (χ4n) is 4.67. The van der Waals surface area contributed by atoms with Crippen molar-refractivity contribution in [2.24, 2.45) is 16.3 Å². The lowest BCUT2D eigenvalue weighted by molar-refractivity contribution is -0.118. The number of allylic oxidation sites excluding steroid dienone is 1. The first kappa shape index (κ1) is 24.4. The quantitative estimate of drug-likeness (QED) is 0.635. The van der Waals surface area contributed by atoms with Crippen molar-refractivity contribution in [2.75, 3.05) is 24.7 Å². The summed E-state index contributed by atoms with van der Waals surface area (Å²) in [4.78, 5) is 32.4. The standard InChI is InChI=1S/C25H36N4O2S/c1-16(15-25(3,4)5)13-20(30)28-19-10-7-9-18(14-19)22-21(23(31)26-6)17(2)27-24-29(22)11-8-12-32-24/h7,9-10,14,16,22H,8,11-13,15H2,1-6H3,(H,26,31)(H,28,30). The Morgan fingerprint density at radius 3 is 2.75 bits per heavy atom. The van der Waals surface area contributed by atoms with E-state index in [-0.39, 0.29) is 23.3 Å². The number of carbonyl (C=O) groups is 2. The highest BCUT2D eigenvalue weighted by Gasteiger charge is 2.36. The fraction of sp³-hybridized carbons (Fsp3) is 0.560. The summed E-state index contributed by atoms with van der Waals surface area (Å²) in [7, 11) is 1.65. The highest BCUT2D eigenvalue weighted by molar-refractivity contribution is 8.13. The van der Waals surface area contributed by atoms with E-state index in [1.807, 2.05) is 31.2 Å². The van der Waals surface area contributed by atoms with Crippen LogP contribution in [0.1, 0.15) is 65.5 Å². The van der Waals surface area contributed by atoms with Gasteiger partial charge in [-0.2, -0.15) is 0 Å². The number of likely N-dealkylation sites (N-methyl/N-ethyl adjacent to an activating group) is 1. The van der Waals surface area contributed by atoms with Crippen LogP contribution in [-0.2, 0) is 9.59 Å². The zero-order valence-electron chi connectivity index (χ0n) is 20.1. The van der Waals surface area contributed by atoms with Gasteiger partial charge in [-0.25, -0.2) is 4.99 Å². The molecule has 1 saturated heterocycles. The Hall–Kier alpha value is -2.28. The summed E-state index contributed by atoms with van der Waals surface area (Å²) in [5, 5.41) is 6.82. The topological polar surface area (TPSA) is 73.8 Å². The van der Waals surface area contributed by atoms with Crippen LogP contribution in [0.3, 0.4) is 0 Å². The van der Waals surface area contributed by atoms with Crippen molar-refractivity contribution in [3.63, 3.8) is 0 Å². The highest BCUT2D eigenvalue weighted by atomic mass is 32.2. The van der Waals surface area contributed by atoms with Crippen molar-refractivity contribution in [3.8, 4) is 0 Å². The van der Waals surface area contributed by atoms with Crippen molar-refractivity contribution in [3.05, 3.63) is 41.1 Å². The number of rotatable bonds is 6. The van der Waals surface area contributed by atoms with E-state index in [1.54, 1.807) is 18.8 Å². The lowest BCUT2D eigenvalue weighted by Crippen LogP contribution is -2.43. The molecular weight excluding hydrogens is 420 g/mol. The van der Waals surface area contributed by atoms with Gasteiger partial charge >= 0.3 is 0 Å². The van der Waals surface area contributed by atoms with Gasteiger partial charge in [0.1, 0.15) is 0 Å². The molecule has 1 aromatic rings. The van der Waals surface area contributed by atoms with E-state index in [0.717, 1.165) is 47.3 Å². The Morgan fingerprint density at radius 1 is 1.31 bits per heavy atom. The van der Waals surface area contributed by atoms with E-state index in [2.05, 4.69) is 43.2 Å². The molecule has 2 amide bonds. The summed E-state index contributed by atoms with van der Waals surface area (Å²) in [6.45, 7) is 11.5. The van der Waals surface area contributed by atoms with Gasteiger partial charge in [-0.05, 0) is 48.8 Å². The minimum absolute atomic E-state index is 0.0246. The molecule has 2 heterocycles. The Bertz CT molecular complexity index is 932. The Kier molecular flexibility index (Phi) is 7.70. The van der Waals surface area contributed by atoms with Gasteiger partial charge in [-0.1, -0.05) is 51.6 Å². The van der Waals surface area contributed by atoms with Crippen LogP contribution in [0.5, 0.6) is 0 Å². The van der Waals surface area contributed by atoms with Gasteiger partial charge < -0.3 is 15.5 Å². The number of thioether (sulfide) groups is 1. The van der Waals surface area contributed by atoms with E-state index in [0.29, 0.717) is 17.9 Å². The predicted octanol–water partition coefficient (Wildman–Crippen LogP) is 4.96. The Morgan fingerprint density at radius 2 is 2.06 bits per heavy atom. The summed E-state index contributed by atoms with van der Waals surface area (Å²) in [5.74, 6) is 1.26. The molecule has 3 rings (SSSR count). The van der Waals surface area contributed by atoms with Gasteiger partial charge in [0, 0.05) is 31.5 Å². The molecular formula is C25H36N4O2S. The molecule has 0 radical (unpaired) electrons. The largest absolute Gasteiger partial charge is 0.355 e. The van der Waals surface area contributed by atoms with Crippen LogP contribution < -0.4 is 10.6 Å². The highest BCUT2D eigenvalue weighted by Crippen LogP contribution is 2.40. The van der Waals surface area contributed by atoms with Gasteiger partial charge in [0.15, 0.2) is 5.17 Å². The summed E-state index contributed by atoms with van der Waals surface area (Å²) < 4.78 is 0. The van der Waals surface area contributed by atoms with Crippen LogP contribution in [0, 0.1) is 11.3 Å². The molecule has 174 valence electrons. The van der Waals surface area contributed by atoms with Gasteiger partial charge in [-0.3, -0.25) is 9.59 Å². The molecule has 1 fully saturated rings. The normalized spacial score (nSPS) is 19.8. The lowest BCUT2D eigenvalue weighted by atomic mass is 9.84. The Balaban J connectivity index is 1.84. The molecule has 0 aromatic heterocycles. The van der Waals surface area contributed by atoms with Crippen LogP contribution in [0.15, 0.2) is 40.5 Å². The maximum absolute atomic E-state index is 12.8. The predicted molar refractivity (Wildman–Crippen MR) is 134 cm³/mol. The summed E-state index contributed by atoms with van der Waals surface area (Å²) in [6, 6.07) is 7.67. The number of hydrogen-bond donors (Lipinski definition) is 2. The first-order chi connectivity index (χ1) is 15.1. The van der Waals surface area contributed by atoms with E-state index < -0.39 is 0 Å². The number of hydrogen-bond acceptors (Lipinski definition) is 5. The third-order valence-corrected chi connectivity index (χ3v) is 6.79. The first-order valence-corrected chi connectivity index (χ1v) is 12.4. The zero-order valence-corrected chi connectivity index (χ0v) is 20.9. The molecule has 2 unspecified atom stereocenters. The van der Waals surface area contributed by atoms with Crippen LogP contribution >= 0.6 is 11.8 Å². The third-order valence-electron chi connectivity index (χ3n) is 5.71. The average molecular weight is 457 g/mol. The molecule has 0 bridgehead atoms. The van der Waals surface area contributed by atoms with Gasteiger partial charge in [-0.15, -0.1) is 0 Å². The monoisotopic (exact) mass is 456 g/mol. The molecule has 6 nitrogen and oxygen atoms in total. The smallest absolute Gasteiger partial charge is 0.251 e. The number of nitrogens with zero attached hydrogens (tertiary/aromatic N) is 2. The molecule has 0 saturated carbocycles. The number of carbonyl (C=O) groups excluding carboxylic acids is 2. The van der Waals surface area contributed by atoms with E-state index in [9.17, 15) is 9.59 Å². The number of amidine groups is 1. The number of nitrogens with one attached hydrogen (secondary N) is 2. The summed E-state index contributed by atoms with van der Waals surface area (Å²) >= 11 is 1.74. The number of aliphatic imine (C=N–C) groups is 1. The molecule has 2 aliphatic heterocycles.